The number of anilines is 1. The van der Waals surface area contributed by atoms with Crippen LogP contribution >= 0.6 is 0 Å². The zero-order valence-electron chi connectivity index (χ0n) is 12.5. The number of benzene rings is 1. The number of nitrogens with one attached hydrogen (secondary N) is 2. The number of sulfone groups is 1. The van der Waals surface area contributed by atoms with Crippen molar-refractivity contribution in [3.05, 3.63) is 29.3 Å². The van der Waals surface area contributed by atoms with Crippen molar-refractivity contribution in [2.75, 3.05) is 30.9 Å². The predicted molar refractivity (Wildman–Crippen MR) is 83.1 cm³/mol. The third-order valence-corrected chi connectivity index (χ3v) is 4.39. The summed E-state index contributed by atoms with van der Waals surface area (Å²) in [6.45, 7) is 3.16. The third kappa shape index (κ3) is 3.95. The monoisotopic (exact) mass is 311 g/mol. The summed E-state index contributed by atoms with van der Waals surface area (Å²) in [4.78, 5) is 13.2. The molecular formula is C14H21N3O3S. The minimum atomic E-state index is -3.08. The molecule has 1 aliphatic heterocycles. The highest BCUT2D eigenvalue weighted by molar-refractivity contribution is 7.90. The molecule has 1 atom stereocenters. The van der Waals surface area contributed by atoms with E-state index in [9.17, 15) is 13.2 Å². The van der Waals surface area contributed by atoms with Crippen LogP contribution < -0.4 is 10.6 Å². The van der Waals surface area contributed by atoms with Crippen LogP contribution in [-0.2, 0) is 16.4 Å². The van der Waals surface area contributed by atoms with Gasteiger partial charge >= 0.3 is 6.03 Å². The van der Waals surface area contributed by atoms with E-state index in [-0.39, 0.29) is 17.8 Å². The van der Waals surface area contributed by atoms with E-state index >= 15 is 0 Å². The Morgan fingerprint density at radius 1 is 1.43 bits per heavy atom. The van der Waals surface area contributed by atoms with Crippen molar-refractivity contribution < 1.29 is 13.2 Å². The molecular weight excluding hydrogens is 290 g/mol. The minimum absolute atomic E-state index is 0.0574. The number of rotatable bonds is 5. The van der Waals surface area contributed by atoms with Crippen LogP contribution in [-0.4, -0.2) is 44.9 Å². The van der Waals surface area contributed by atoms with Gasteiger partial charge in [-0.25, -0.2) is 13.2 Å². The fourth-order valence-electron chi connectivity index (χ4n) is 2.44. The van der Waals surface area contributed by atoms with Crippen LogP contribution in [0.5, 0.6) is 0 Å². The average molecular weight is 311 g/mol. The lowest BCUT2D eigenvalue weighted by Gasteiger charge is -2.27. The van der Waals surface area contributed by atoms with Crippen LogP contribution in [0.4, 0.5) is 10.5 Å². The quantitative estimate of drug-likeness (QED) is 0.860. The molecule has 1 unspecified atom stereocenters. The van der Waals surface area contributed by atoms with Gasteiger partial charge in [-0.2, -0.15) is 0 Å². The Morgan fingerprint density at radius 3 is 2.76 bits per heavy atom. The molecule has 0 fully saturated rings. The molecule has 0 spiro atoms. The topological polar surface area (TPSA) is 78.5 Å². The molecule has 7 heteroatoms. The van der Waals surface area contributed by atoms with Gasteiger partial charge in [-0.05, 0) is 23.7 Å². The number of carbonyl (C=O) groups excluding carboxylic acids is 1. The van der Waals surface area contributed by atoms with E-state index in [4.69, 9.17) is 0 Å². The Kier molecular flexibility index (Phi) is 4.53. The summed E-state index contributed by atoms with van der Waals surface area (Å²) in [6, 6.07) is 5.29. The van der Waals surface area contributed by atoms with E-state index in [1.165, 1.54) is 6.26 Å². The summed E-state index contributed by atoms with van der Waals surface area (Å²) in [5.41, 5.74) is 2.70. The van der Waals surface area contributed by atoms with E-state index in [0.717, 1.165) is 16.8 Å². The Hall–Kier alpha value is -1.60. The summed E-state index contributed by atoms with van der Waals surface area (Å²) < 4.78 is 23.1. The second-order valence-corrected chi connectivity index (χ2v) is 7.59. The Morgan fingerprint density at radius 2 is 2.14 bits per heavy atom. The third-order valence-electron chi connectivity index (χ3n) is 3.45. The maximum Gasteiger partial charge on any atom is 0.321 e. The molecule has 116 valence electrons. The summed E-state index contributed by atoms with van der Waals surface area (Å²) >= 11 is 0. The van der Waals surface area contributed by atoms with Gasteiger partial charge in [0.2, 0.25) is 0 Å². The minimum Gasteiger partial charge on any atom is -0.323 e. The van der Waals surface area contributed by atoms with Crippen molar-refractivity contribution in [3.8, 4) is 0 Å². The lowest BCUT2D eigenvalue weighted by atomic mass is 10.0. The lowest BCUT2D eigenvalue weighted by Crippen LogP contribution is -2.35. The van der Waals surface area contributed by atoms with Crippen molar-refractivity contribution in [3.63, 3.8) is 0 Å². The molecule has 1 heterocycles. The Balaban J connectivity index is 2.30. The van der Waals surface area contributed by atoms with Gasteiger partial charge in [0.05, 0.1) is 5.75 Å². The van der Waals surface area contributed by atoms with Gasteiger partial charge < -0.3 is 15.5 Å². The standard InChI is InChI=1S/C14H21N3O3S/c1-4-15-13(9-21(3,19)20)10-5-6-12-11(7-10)8-17(2)14(18)16-12/h5-7,13,15H,4,8-9H2,1-3H3,(H,16,18). The van der Waals surface area contributed by atoms with E-state index in [2.05, 4.69) is 10.6 Å². The van der Waals surface area contributed by atoms with E-state index < -0.39 is 9.84 Å². The van der Waals surface area contributed by atoms with Crippen molar-refractivity contribution in [1.29, 1.82) is 0 Å². The molecule has 21 heavy (non-hydrogen) atoms. The highest BCUT2D eigenvalue weighted by Crippen LogP contribution is 2.26. The Labute approximate surface area is 125 Å². The number of hydrogen-bond acceptors (Lipinski definition) is 4. The predicted octanol–water partition coefficient (Wildman–Crippen LogP) is 1.36. The van der Waals surface area contributed by atoms with Gasteiger partial charge in [0, 0.05) is 31.6 Å². The van der Waals surface area contributed by atoms with E-state index in [1.54, 1.807) is 11.9 Å². The van der Waals surface area contributed by atoms with Crippen LogP contribution in [0.2, 0.25) is 0 Å². The molecule has 2 rings (SSSR count). The first-order valence-corrected chi connectivity index (χ1v) is 8.92. The number of nitrogens with zero attached hydrogens (tertiary/aromatic N) is 1. The average Bonchev–Trinajstić information content (AvgIpc) is 2.37. The first-order valence-electron chi connectivity index (χ1n) is 6.86. The molecule has 0 aromatic heterocycles. The molecule has 1 aromatic carbocycles. The number of hydrogen-bond donors (Lipinski definition) is 2. The van der Waals surface area contributed by atoms with Gasteiger partial charge in [-0.3, -0.25) is 0 Å². The first kappa shape index (κ1) is 15.8. The van der Waals surface area contributed by atoms with Crippen molar-refractivity contribution in [2.24, 2.45) is 0 Å². The summed E-state index contributed by atoms with van der Waals surface area (Å²) in [5.74, 6) is 0.0574. The largest absolute Gasteiger partial charge is 0.323 e. The van der Waals surface area contributed by atoms with Gasteiger partial charge in [0.15, 0.2) is 0 Å². The lowest BCUT2D eigenvalue weighted by molar-refractivity contribution is 0.218. The normalized spacial score (nSPS) is 16.3. The van der Waals surface area contributed by atoms with Crippen molar-refractivity contribution in [1.82, 2.24) is 10.2 Å². The van der Waals surface area contributed by atoms with Crippen LogP contribution in [0.3, 0.4) is 0 Å². The second kappa shape index (κ2) is 6.03. The molecule has 2 amide bonds. The molecule has 2 N–H and O–H groups in total. The van der Waals surface area contributed by atoms with Crippen LogP contribution in [0.25, 0.3) is 0 Å². The van der Waals surface area contributed by atoms with Gasteiger partial charge in [0.25, 0.3) is 0 Å². The highest BCUT2D eigenvalue weighted by Gasteiger charge is 2.22. The maximum absolute atomic E-state index is 11.6. The van der Waals surface area contributed by atoms with E-state index in [1.807, 2.05) is 25.1 Å². The van der Waals surface area contributed by atoms with Crippen LogP contribution in [0.15, 0.2) is 18.2 Å². The van der Waals surface area contributed by atoms with E-state index in [0.29, 0.717) is 13.1 Å². The number of carbonyl (C=O) groups is 1. The van der Waals surface area contributed by atoms with Gasteiger partial charge in [0.1, 0.15) is 9.84 Å². The number of amides is 2. The maximum atomic E-state index is 11.6. The van der Waals surface area contributed by atoms with Crippen molar-refractivity contribution in [2.45, 2.75) is 19.5 Å². The molecule has 0 radical (unpaired) electrons. The summed E-state index contributed by atoms with van der Waals surface area (Å²) in [5, 5.41) is 6.01. The highest BCUT2D eigenvalue weighted by atomic mass is 32.2. The van der Waals surface area contributed by atoms with Crippen LogP contribution in [0.1, 0.15) is 24.1 Å². The SMILES string of the molecule is CCNC(CS(C)(=O)=O)c1ccc2c(c1)CN(C)C(=O)N2. The fourth-order valence-corrected chi connectivity index (χ4v) is 3.36. The zero-order valence-corrected chi connectivity index (χ0v) is 13.3. The fraction of sp³-hybridized carbons (Fsp3) is 0.500. The van der Waals surface area contributed by atoms with Gasteiger partial charge in [-0.15, -0.1) is 0 Å². The van der Waals surface area contributed by atoms with Crippen LogP contribution in [0, 0.1) is 0 Å². The summed E-state index contributed by atoms with van der Waals surface area (Å²) in [7, 11) is -1.35. The zero-order chi connectivity index (χ0) is 15.6. The summed E-state index contributed by atoms with van der Waals surface area (Å²) in [6.07, 6.45) is 1.24. The second-order valence-electron chi connectivity index (χ2n) is 5.41. The molecule has 1 aromatic rings. The molecule has 6 nitrogen and oxygen atoms in total. The Bertz CT molecular complexity index is 643. The molecule has 1 aliphatic rings. The van der Waals surface area contributed by atoms with Gasteiger partial charge in [-0.1, -0.05) is 19.1 Å². The smallest absolute Gasteiger partial charge is 0.321 e. The van der Waals surface area contributed by atoms with Crippen molar-refractivity contribution >= 4 is 21.6 Å². The molecule has 0 saturated carbocycles. The number of urea groups is 1. The molecule has 0 aliphatic carbocycles. The molecule has 0 saturated heterocycles. The molecule has 0 bridgehead atoms. The first-order chi connectivity index (χ1) is 9.80. The number of fused-ring (bicyclic) bond motifs is 1.